The number of fused-ring (bicyclic) bond motifs is 1. The molecule has 5 rings (SSSR count). The number of carbonyl (C=O) groups is 1. The maximum absolute atomic E-state index is 13.2. The van der Waals surface area contributed by atoms with Crippen LogP contribution in [0, 0.1) is 6.92 Å². The van der Waals surface area contributed by atoms with Crippen molar-refractivity contribution >= 4 is 16.8 Å². The van der Waals surface area contributed by atoms with E-state index < -0.39 is 0 Å². The van der Waals surface area contributed by atoms with Crippen LogP contribution in [-0.4, -0.2) is 41.9 Å². The summed E-state index contributed by atoms with van der Waals surface area (Å²) in [5.74, 6) is 1.63. The van der Waals surface area contributed by atoms with E-state index >= 15 is 0 Å². The Morgan fingerprint density at radius 3 is 2.97 bits per heavy atom. The molecule has 1 saturated heterocycles. The zero-order valence-electron chi connectivity index (χ0n) is 17.2. The number of H-pyrrole nitrogens is 1. The Labute approximate surface area is 174 Å². The summed E-state index contributed by atoms with van der Waals surface area (Å²) in [6.07, 6.45) is 7.81. The highest BCUT2D eigenvalue weighted by Gasteiger charge is 2.32. The standard InChI is InChI=1S/C23H24N6O/c1-15-12-19(23-24-9-11-28(23)2)27-22(26-15)20-8-5-10-29(20)21(30)13-16-14-25-18-7-4-3-6-17(16)18/h3-4,6-7,9,11-12,14,20,25H,5,8,10,13H2,1-2H3. The first-order valence-electron chi connectivity index (χ1n) is 10.3. The van der Waals surface area contributed by atoms with Gasteiger partial charge in [-0.25, -0.2) is 15.0 Å². The minimum absolute atomic E-state index is 0.0957. The topological polar surface area (TPSA) is 79.7 Å². The summed E-state index contributed by atoms with van der Waals surface area (Å²) in [7, 11) is 1.95. The van der Waals surface area contributed by atoms with Crippen LogP contribution in [0.4, 0.5) is 0 Å². The van der Waals surface area contributed by atoms with Gasteiger partial charge in [0.05, 0.1) is 12.5 Å². The highest BCUT2D eigenvalue weighted by molar-refractivity contribution is 5.89. The summed E-state index contributed by atoms with van der Waals surface area (Å²) in [5, 5.41) is 1.10. The number of nitrogens with zero attached hydrogens (tertiary/aromatic N) is 5. The minimum atomic E-state index is -0.0957. The average Bonchev–Trinajstić information content (AvgIpc) is 3.47. The first-order valence-corrected chi connectivity index (χ1v) is 10.3. The van der Waals surface area contributed by atoms with Crippen LogP contribution in [-0.2, 0) is 18.3 Å². The van der Waals surface area contributed by atoms with Crippen LogP contribution in [0.1, 0.15) is 36.0 Å². The highest BCUT2D eigenvalue weighted by Crippen LogP contribution is 2.32. The largest absolute Gasteiger partial charge is 0.361 e. The molecule has 7 heteroatoms. The third kappa shape index (κ3) is 3.26. The molecule has 0 aliphatic carbocycles. The van der Waals surface area contributed by atoms with Crippen molar-refractivity contribution in [3.8, 4) is 11.5 Å². The predicted octanol–water partition coefficient (Wildman–Crippen LogP) is 3.57. The summed E-state index contributed by atoms with van der Waals surface area (Å²) >= 11 is 0. The first-order chi connectivity index (χ1) is 14.6. The van der Waals surface area contributed by atoms with Crippen molar-refractivity contribution in [2.24, 2.45) is 7.05 Å². The quantitative estimate of drug-likeness (QED) is 0.568. The number of aromatic amines is 1. The molecular formula is C23H24N6O. The fourth-order valence-corrected chi connectivity index (χ4v) is 4.34. The SMILES string of the molecule is Cc1cc(-c2nccn2C)nc(C2CCCN2C(=O)Cc2c[nH]c3ccccc23)n1. The second-order valence-corrected chi connectivity index (χ2v) is 7.90. The lowest BCUT2D eigenvalue weighted by molar-refractivity contribution is -0.131. The van der Waals surface area contributed by atoms with Gasteiger partial charge in [-0.1, -0.05) is 18.2 Å². The van der Waals surface area contributed by atoms with E-state index in [0.29, 0.717) is 12.2 Å². The molecule has 1 unspecified atom stereocenters. The maximum Gasteiger partial charge on any atom is 0.227 e. The molecule has 1 N–H and O–H groups in total. The number of benzene rings is 1. The maximum atomic E-state index is 13.2. The molecule has 30 heavy (non-hydrogen) atoms. The first kappa shape index (κ1) is 18.5. The highest BCUT2D eigenvalue weighted by atomic mass is 16.2. The predicted molar refractivity (Wildman–Crippen MR) is 115 cm³/mol. The van der Waals surface area contributed by atoms with Crippen LogP contribution in [0.15, 0.2) is 48.9 Å². The van der Waals surface area contributed by atoms with E-state index in [1.54, 1.807) is 6.20 Å². The normalized spacial score (nSPS) is 16.5. The van der Waals surface area contributed by atoms with Crippen molar-refractivity contribution in [2.75, 3.05) is 6.54 Å². The molecule has 1 aliphatic rings. The molecular weight excluding hydrogens is 376 g/mol. The van der Waals surface area contributed by atoms with Crippen molar-refractivity contribution in [1.29, 1.82) is 0 Å². The van der Waals surface area contributed by atoms with E-state index in [1.807, 2.05) is 60.1 Å². The van der Waals surface area contributed by atoms with Crippen LogP contribution < -0.4 is 0 Å². The van der Waals surface area contributed by atoms with Gasteiger partial charge in [0.25, 0.3) is 0 Å². The molecule has 0 spiro atoms. The van der Waals surface area contributed by atoms with Gasteiger partial charge in [-0.2, -0.15) is 0 Å². The van der Waals surface area contributed by atoms with E-state index in [1.165, 1.54) is 0 Å². The Balaban J connectivity index is 1.43. The smallest absolute Gasteiger partial charge is 0.227 e. The number of imidazole rings is 1. The Morgan fingerprint density at radius 1 is 1.27 bits per heavy atom. The molecule has 0 saturated carbocycles. The second-order valence-electron chi connectivity index (χ2n) is 7.90. The molecule has 1 amide bonds. The zero-order valence-corrected chi connectivity index (χ0v) is 17.2. The second kappa shape index (κ2) is 7.40. The summed E-state index contributed by atoms with van der Waals surface area (Å²) in [6, 6.07) is 9.93. The monoisotopic (exact) mass is 400 g/mol. The van der Waals surface area contributed by atoms with Crippen molar-refractivity contribution in [2.45, 2.75) is 32.2 Å². The third-order valence-corrected chi connectivity index (χ3v) is 5.81. The fraction of sp³-hybridized carbons (Fsp3) is 0.304. The Bertz CT molecular complexity index is 1220. The van der Waals surface area contributed by atoms with Crippen LogP contribution in [0.2, 0.25) is 0 Å². The molecule has 1 fully saturated rings. The number of aromatic nitrogens is 5. The van der Waals surface area contributed by atoms with Crippen molar-refractivity contribution in [1.82, 2.24) is 29.4 Å². The lowest BCUT2D eigenvalue weighted by Crippen LogP contribution is -2.32. The van der Waals surface area contributed by atoms with Gasteiger partial charge in [0.2, 0.25) is 5.91 Å². The number of para-hydroxylation sites is 1. The average molecular weight is 400 g/mol. The molecule has 0 bridgehead atoms. The van der Waals surface area contributed by atoms with Gasteiger partial charge in [0.1, 0.15) is 5.69 Å². The van der Waals surface area contributed by atoms with E-state index in [9.17, 15) is 4.79 Å². The number of likely N-dealkylation sites (tertiary alicyclic amines) is 1. The summed E-state index contributed by atoms with van der Waals surface area (Å²) in [6.45, 7) is 2.70. The third-order valence-electron chi connectivity index (χ3n) is 5.81. The van der Waals surface area contributed by atoms with Crippen LogP contribution in [0.25, 0.3) is 22.4 Å². The van der Waals surface area contributed by atoms with Gasteiger partial charge in [-0.05, 0) is 37.5 Å². The zero-order chi connectivity index (χ0) is 20.7. The molecule has 1 atom stereocenters. The summed E-state index contributed by atoms with van der Waals surface area (Å²) in [5.41, 5.74) is 3.76. The summed E-state index contributed by atoms with van der Waals surface area (Å²) in [4.78, 5) is 32.3. The van der Waals surface area contributed by atoms with Gasteiger partial charge in [0.15, 0.2) is 11.6 Å². The van der Waals surface area contributed by atoms with Gasteiger partial charge in [-0.3, -0.25) is 4.79 Å². The Morgan fingerprint density at radius 2 is 2.13 bits per heavy atom. The van der Waals surface area contributed by atoms with Crippen molar-refractivity contribution in [3.63, 3.8) is 0 Å². The summed E-state index contributed by atoms with van der Waals surface area (Å²) < 4.78 is 1.94. The minimum Gasteiger partial charge on any atom is -0.361 e. The number of nitrogens with one attached hydrogen (secondary N) is 1. The number of rotatable bonds is 4. The lowest BCUT2D eigenvalue weighted by Gasteiger charge is -2.24. The molecule has 0 radical (unpaired) electrons. The van der Waals surface area contributed by atoms with E-state index in [0.717, 1.165) is 53.1 Å². The van der Waals surface area contributed by atoms with Crippen molar-refractivity contribution in [3.05, 3.63) is 66.0 Å². The lowest BCUT2D eigenvalue weighted by atomic mass is 10.1. The number of hydrogen-bond donors (Lipinski definition) is 1. The number of amides is 1. The van der Waals surface area contributed by atoms with Gasteiger partial charge >= 0.3 is 0 Å². The van der Waals surface area contributed by atoms with E-state index in [4.69, 9.17) is 4.98 Å². The van der Waals surface area contributed by atoms with Crippen LogP contribution in [0.5, 0.6) is 0 Å². The van der Waals surface area contributed by atoms with Crippen molar-refractivity contribution < 1.29 is 4.79 Å². The van der Waals surface area contributed by atoms with E-state index in [-0.39, 0.29) is 11.9 Å². The Kier molecular flexibility index (Phi) is 4.58. The Hall–Kier alpha value is -3.48. The van der Waals surface area contributed by atoms with Crippen LogP contribution >= 0.6 is 0 Å². The molecule has 152 valence electrons. The molecule has 1 aromatic carbocycles. The number of hydrogen-bond acceptors (Lipinski definition) is 4. The molecule has 7 nitrogen and oxygen atoms in total. The van der Waals surface area contributed by atoms with Crippen LogP contribution in [0.3, 0.4) is 0 Å². The van der Waals surface area contributed by atoms with Gasteiger partial charge in [0, 0.05) is 48.8 Å². The van der Waals surface area contributed by atoms with Gasteiger partial charge in [-0.15, -0.1) is 0 Å². The number of aryl methyl sites for hydroxylation is 2. The van der Waals surface area contributed by atoms with Gasteiger partial charge < -0.3 is 14.5 Å². The molecule has 3 aromatic heterocycles. The fourth-order valence-electron chi connectivity index (χ4n) is 4.34. The number of carbonyl (C=O) groups excluding carboxylic acids is 1. The molecule has 4 aromatic rings. The molecule has 1 aliphatic heterocycles. The molecule has 4 heterocycles. The van der Waals surface area contributed by atoms with E-state index in [2.05, 4.69) is 21.0 Å².